The number of hydrogen-bond donors (Lipinski definition) is 0. The monoisotopic (exact) mass is 238 g/mol. The van der Waals surface area contributed by atoms with Crippen molar-refractivity contribution in [3.05, 3.63) is 28.3 Å². The van der Waals surface area contributed by atoms with Crippen molar-refractivity contribution in [2.45, 2.75) is 0 Å². The predicted octanol–water partition coefficient (Wildman–Crippen LogP) is 1.44. The molecular weight excluding hydrogens is 224 g/mol. The van der Waals surface area contributed by atoms with Crippen LogP contribution >= 0.6 is 0 Å². The molecular formula is C11H14N2O4. The van der Waals surface area contributed by atoms with Crippen LogP contribution < -0.4 is 9.64 Å². The fourth-order valence-corrected chi connectivity index (χ4v) is 1.85. The van der Waals surface area contributed by atoms with E-state index in [4.69, 9.17) is 9.47 Å². The average Bonchev–Trinajstić information content (AvgIpc) is 2.39. The number of morpholine rings is 1. The molecule has 0 radical (unpaired) electrons. The lowest BCUT2D eigenvalue weighted by Crippen LogP contribution is -2.36. The maximum absolute atomic E-state index is 11.0. The van der Waals surface area contributed by atoms with Gasteiger partial charge in [0.05, 0.1) is 31.3 Å². The molecule has 0 atom stereocenters. The quantitative estimate of drug-likeness (QED) is 0.589. The molecule has 1 saturated heterocycles. The number of nitrogens with zero attached hydrogens (tertiary/aromatic N) is 2. The Bertz CT molecular complexity index is 416. The van der Waals surface area contributed by atoms with Crippen molar-refractivity contribution in [3.8, 4) is 5.75 Å². The van der Waals surface area contributed by atoms with Crippen molar-refractivity contribution >= 4 is 11.4 Å². The van der Waals surface area contributed by atoms with E-state index in [0.717, 1.165) is 0 Å². The summed E-state index contributed by atoms with van der Waals surface area (Å²) in [6.07, 6.45) is 0. The first-order chi connectivity index (χ1) is 8.22. The van der Waals surface area contributed by atoms with Crippen LogP contribution in [0.4, 0.5) is 11.4 Å². The first-order valence-electron chi connectivity index (χ1n) is 5.37. The predicted molar refractivity (Wildman–Crippen MR) is 62.7 cm³/mol. The van der Waals surface area contributed by atoms with Crippen LogP contribution in [0.1, 0.15) is 0 Å². The van der Waals surface area contributed by atoms with Gasteiger partial charge in [0.2, 0.25) is 0 Å². The maximum Gasteiger partial charge on any atom is 0.296 e. The topological polar surface area (TPSA) is 64.8 Å². The summed E-state index contributed by atoms with van der Waals surface area (Å²) >= 11 is 0. The summed E-state index contributed by atoms with van der Waals surface area (Å²) in [7, 11) is 1.49. The molecule has 6 nitrogen and oxygen atoms in total. The van der Waals surface area contributed by atoms with E-state index in [1.807, 2.05) is 4.90 Å². The summed E-state index contributed by atoms with van der Waals surface area (Å²) in [6.45, 7) is 2.55. The van der Waals surface area contributed by atoms with Gasteiger partial charge >= 0.3 is 0 Å². The smallest absolute Gasteiger partial charge is 0.296 e. The number of ether oxygens (including phenoxy) is 2. The van der Waals surface area contributed by atoms with Crippen molar-refractivity contribution in [1.82, 2.24) is 0 Å². The maximum atomic E-state index is 11.0. The fourth-order valence-electron chi connectivity index (χ4n) is 1.85. The van der Waals surface area contributed by atoms with E-state index in [1.165, 1.54) is 13.2 Å². The number of methoxy groups -OCH3 is 1. The molecule has 0 spiro atoms. The molecule has 2 rings (SSSR count). The molecule has 1 aromatic carbocycles. The average molecular weight is 238 g/mol. The zero-order chi connectivity index (χ0) is 12.3. The number of anilines is 1. The molecule has 0 N–H and O–H groups in total. The Kier molecular flexibility index (Phi) is 3.43. The zero-order valence-corrected chi connectivity index (χ0v) is 9.59. The number of nitro groups is 1. The highest BCUT2D eigenvalue weighted by molar-refractivity contribution is 5.65. The lowest BCUT2D eigenvalue weighted by Gasteiger charge is -2.28. The van der Waals surface area contributed by atoms with E-state index < -0.39 is 0 Å². The molecule has 0 saturated carbocycles. The molecule has 1 aromatic rings. The van der Waals surface area contributed by atoms with Gasteiger partial charge in [0.15, 0.2) is 0 Å². The second-order valence-electron chi connectivity index (χ2n) is 3.71. The first-order valence-corrected chi connectivity index (χ1v) is 5.37. The van der Waals surface area contributed by atoms with Gasteiger partial charge in [-0.25, -0.2) is 0 Å². The van der Waals surface area contributed by atoms with Crippen LogP contribution in [0.3, 0.4) is 0 Å². The van der Waals surface area contributed by atoms with Crippen LogP contribution in [-0.2, 0) is 4.74 Å². The molecule has 0 amide bonds. The van der Waals surface area contributed by atoms with Crippen LogP contribution in [-0.4, -0.2) is 38.3 Å². The zero-order valence-electron chi connectivity index (χ0n) is 9.59. The van der Waals surface area contributed by atoms with E-state index in [1.54, 1.807) is 12.1 Å². The van der Waals surface area contributed by atoms with Crippen LogP contribution in [0, 0.1) is 10.1 Å². The molecule has 0 bridgehead atoms. The van der Waals surface area contributed by atoms with E-state index in [-0.39, 0.29) is 10.6 Å². The fraction of sp³-hybridized carbons (Fsp3) is 0.455. The first kappa shape index (κ1) is 11.7. The molecule has 6 heteroatoms. The summed E-state index contributed by atoms with van der Waals surface area (Å²) in [6, 6.07) is 4.91. The Morgan fingerprint density at radius 1 is 1.41 bits per heavy atom. The Hall–Kier alpha value is -1.82. The molecule has 0 aliphatic carbocycles. The van der Waals surface area contributed by atoms with Crippen LogP contribution in [0.5, 0.6) is 5.75 Å². The van der Waals surface area contributed by atoms with Gasteiger partial charge in [-0.1, -0.05) is 0 Å². The normalized spacial score (nSPS) is 15.7. The van der Waals surface area contributed by atoms with Crippen molar-refractivity contribution in [2.75, 3.05) is 38.3 Å². The second-order valence-corrected chi connectivity index (χ2v) is 3.71. The number of hydrogen-bond acceptors (Lipinski definition) is 5. The summed E-state index contributed by atoms with van der Waals surface area (Å²) < 4.78 is 10.2. The van der Waals surface area contributed by atoms with Crippen molar-refractivity contribution in [1.29, 1.82) is 0 Å². The SMILES string of the molecule is COc1ccc(N2CCOCC2)c([N+](=O)[O-])c1. The van der Waals surface area contributed by atoms with Crippen LogP contribution in [0.2, 0.25) is 0 Å². The summed E-state index contributed by atoms with van der Waals surface area (Å²) in [5.74, 6) is 0.494. The molecule has 0 aromatic heterocycles. The van der Waals surface area contributed by atoms with E-state index >= 15 is 0 Å². The van der Waals surface area contributed by atoms with Crippen molar-refractivity contribution in [3.63, 3.8) is 0 Å². The standard InChI is InChI=1S/C11H14N2O4/c1-16-9-2-3-10(11(8-9)13(14)15)12-4-6-17-7-5-12/h2-3,8H,4-7H2,1H3. The lowest BCUT2D eigenvalue weighted by molar-refractivity contribution is -0.384. The minimum absolute atomic E-state index is 0.0752. The van der Waals surface area contributed by atoms with Gasteiger partial charge in [0.1, 0.15) is 11.4 Å². The summed E-state index contributed by atoms with van der Waals surface area (Å²) in [5, 5.41) is 11.0. The third-order valence-corrected chi connectivity index (χ3v) is 2.73. The number of rotatable bonds is 3. The molecule has 1 heterocycles. The van der Waals surface area contributed by atoms with E-state index in [9.17, 15) is 10.1 Å². The highest BCUT2D eigenvalue weighted by atomic mass is 16.6. The number of benzene rings is 1. The van der Waals surface area contributed by atoms with Crippen LogP contribution in [0.15, 0.2) is 18.2 Å². The summed E-state index contributed by atoms with van der Waals surface area (Å²) in [4.78, 5) is 12.6. The lowest BCUT2D eigenvalue weighted by atomic mass is 10.2. The van der Waals surface area contributed by atoms with Gasteiger partial charge in [0, 0.05) is 13.1 Å². The highest BCUT2D eigenvalue weighted by Gasteiger charge is 2.21. The van der Waals surface area contributed by atoms with Crippen molar-refractivity contribution in [2.24, 2.45) is 0 Å². The second kappa shape index (κ2) is 5.01. The Balaban J connectivity index is 2.34. The minimum Gasteiger partial charge on any atom is -0.496 e. The molecule has 92 valence electrons. The highest BCUT2D eigenvalue weighted by Crippen LogP contribution is 2.32. The van der Waals surface area contributed by atoms with Gasteiger partial charge in [0.25, 0.3) is 5.69 Å². The Morgan fingerprint density at radius 2 is 2.12 bits per heavy atom. The van der Waals surface area contributed by atoms with Gasteiger partial charge in [-0.15, -0.1) is 0 Å². The summed E-state index contributed by atoms with van der Waals surface area (Å²) in [5.41, 5.74) is 0.699. The minimum atomic E-state index is -0.382. The van der Waals surface area contributed by atoms with Gasteiger partial charge < -0.3 is 14.4 Å². The van der Waals surface area contributed by atoms with E-state index in [2.05, 4.69) is 0 Å². The third-order valence-electron chi connectivity index (χ3n) is 2.73. The van der Waals surface area contributed by atoms with Gasteiger partial charge in [-0.3, -0.25) is 10.1 Å². The molecule has 17 heavy (non-hydrogen) atoms. The van der Waals surface area contributed by atoms with E-state index in [0.29, 0.717) is 37.7 Å². The molecule has 1 aliphatic rings. The Labute approximate surface area is 98.9 Å². The van der Waals surface area contributed by atoms with Gasteiger partial charge in [-0.05, 0) is 12.1 Å². The van der Waals surface area contributed by atoms with Crippen LogP contribution in [0.25, 0.3) is 0 Å². The molecule has 0 unspecified atom stereocenters. The Morgan fingerprint density at radius 3 is 2.71 bits per heavy atom. The third kappa shape index (κ3) is 2.47. The van der Waals surface area contributed by atoms with Crippen molar-refractivity contribution < 1.29 is 14.4 Å². The molecule has 1 aliphatic heterocycles. The largest absolute Gasteiger partial charge is 0.496 e. The number of nitro benzene ring substituents is 1. The van der Waals surface area contributed by atoms with Gasteiger partial charge in [-0.2, -0.15) is 0 Å². The molecule has 1 fully saturated rings.